The average molecular weight is 533 g/mol. The summed E-state index contributed by atoms with van der Waals surface area (Å²) < 4.78 is 55.4. The van der Waals surface area contributed by atoms with Gasteiger partial charge in [-0.05, 0) is 51.5 Å². The van der Waals surface area contributed by atoms with Crippen molar-refractivity contribution in [3.8, 4) is 0 Å². The highest BCUT2D eigenvalue weighted by atomic mass is 32.2. The molecule has 0 saturated heterocycles. The molecule has 0 spiro atoms. The maximum atomic E-state index is 14.3. The van der Waals surface area contributed by atoms with Gasteiger partial charge in [-0.1, -0.05) is 29.0 Å². The van der Waals surface area contributed by atoms with E-state index in [0.717, 1.165) is 34.4 Å². The van der Waals surface area contributed by atoms with Crippen molar-refractivity contribution in [3.05, 3.63) is 71.1 Å². The quantitative estimate of drug-likeness (QED) is 0.303. The van der Waals surface area contributed by atoms with Gasteiger partial charge in [0.15, 0.2) is 20.8 Å². The van der Waals surface area contributed by atoms with Crippen LogP contribution >= 0.6 is 11.3 Å². The van der Waals surface area contributed by atoms with Crippen molar-refractivity contribution in [3.63, 3.8) is 0 Å². The van der Waals surface area contributed by atoms with Crippen LogP contribution in [0.1, 0.15) is 29.8 Å². The number of rotatable bonds is 9. The number of fused-ring (bicyclic) bond motifs is 1. The Morgan fingerprint density at radius 1 is 1.08 bits per heavy atom. The number of carbonyl (C=O) groups is 1. The monoisotopic (exact) mass is 532 g/mol. The molecular formula is C25H26F2N4O3S2. The fraction of sp³-hybridized carbons (Fsp3) is 0.320. The standard InChI is InChI=1S/C25H26F2N4O3S2/c1-16-6-8-20(9-7-16)36(33,34)12-4-5-23(32)30(10-11-31-18(3)13-17(2)29-31)25-28-24-21(27)14-19(26)15-22(24)35-25/h6-9,13-15H,4-5,10-12H2,1-3H3. The molecule has 2 heterocycles. The zero-order valence-electron chi connectivity index (χ0n) is 20.2. The predicted molar refractivity (Wildman–Crippen MR) is 136 cm³/mol. The molecule has 0 bridgehead atoms. The molecule has 1 amide bonds. The van der Waals surface area contributed by atoms with E-state index in [2.05, 4.69) is 10.1 Å². The molecule has 4 rings (SSSR count). The Balaban J connectivity index is 1.53. The maximum absolute atomic E-state index is 14.3. The van der Waals surface area contributed by atoms with Gasteiger partial charge in [0.05, 0.1) is 27.6 Å². The molecule has 0 atom stereocenters. The molecule has 0 saturated carbocycles. The molecule has 4 aromatic rings. The maximum Gasteiger partial charge on any atom is 0.228 e. The minimum Gasteiger partial charge on any atom is -0.286 e. The SMILES string of the molecule is Cc1ccc(S(=O)(=O)CCCC(=O)N(CCn2nc(C)cc2C)c2nc3c(F)cc(F)cc3s2)cc1. The fourth-order valence-corrected chi connectivity index (χ4v) is 6.25. The van der Waals surface area contributed by atoms with E-state index in [9.17, 15) is 22.0 Å². The van der Waals surface area contributed by atoms with E-state index in [4.69, 9.17) is 0 Å². The summed E-state index contributed by atoms with van der Waals surface area (Å²) in [6.07, 6.45) is 0.0638. The molecule has 0 fully saturated rings. The number of amides is 1. The van der Waals surface area contributed by atoms with Gasteiger partial charge in [-0.2, -0.15) is 5.10 Å². The normalized spacial score (nSPS) is 11.8. The Bertz CT molecular complexity index is 1510. The smallest absolute Gasteiger partial charge is 0.228 e. The molecule has 2 aromatic heterocycles. The third-order valence-corrected chi connectivity index (χ3v) is 8.60. The van der Waals surface area contributed by atoms with E-state index in [1.807, 2.05) is 26.8 Å². The Morgan fingerprint density at radius 3 is 2.47 bits per heavy atom. The zero-order valence-corrected chi connectivity index (χ0v) is 21.8. The van der Waals surface area contributed by atoms with E-state index in [1.165, 1.54) is 11.0 Å². The van der Waals surface area contributed by atoms with Crippen molar-refractivity contribution in [1.29, 1.82) is 0 Å². The second kappa shape index (κ2) is 10.4. The number of carbonyl (C=O) groups excluding carboxylic acids is 1. The van der Waals surface area contributed by atoms with Crippen LogP contribution in [0.15, 0.2) is 47.4 Å². The third kappa shape index (κ3) is 5.79. The van der Waals surface area contributed by atoms with Crippen molar-refractivity contribution in [2.24, 2.45) is 0 Å². The van der Waals surface area contributed by atoms with Crippen LogP contribution in [0.5, 0.6) is 0 Å². The first-order valence-corrected chi connectivity index (χ1v) is 13.9. The lowest BCUT2D eigenvalue weighted by Crippen LogP contribution is -2.34. The van der Waals surface area contributed by atoms with Gasteiger partial charge in [0.25, 0.3) is 0 Å². The summed E-state index contributed by atoms with van der Waals surface area (Å²) in [7, 11) is -3.54. The predicted octanol–water partition coefficient (Wildman–Crippen LogP) is 4.98. The van der Waals surface area contributed by atoms with Crippen molar-refractivity contribution in [1.82, 2.24) is 14.8 Å². The molecule has 0 aliphatic heterocycles. The Morgan fingerprint density at radius 2 is 1.81 bits per heavy atom. The Hall–Kier alpha value is -3.18. The first-order chi connectivity index (χ1) is 17.0. The first-order valence-electron chi connectivity index (χ1n) is 11.4. The molecule has 7 nitrogen and oxygen atoms in total. The molecule has 0 radical (unpaired) electrons. The Kier molecular flexibility index (Phi) is 7.51. The van der Waals surface area contributed by atoms with Gasteiger partial charge < -0.3 is 0 Å². The van der Waals surface area contributed by atoms with Crippen molar-refractivity contribution in [2.75, 3.05) is 17.2 Å². The lowest BCUT2D eigenvalue weighted by molar-refractivity contribution is -0.118. The molecule has 2 aromatic carbocycles. The summed E-state index contributed by atoms with van der Waals surface area (Å²) >= 11 is 1.01. The lowest BCUT2D eigenvalue weighted by Gasteiger charge is -2.20. The van der Waals surface area contributed by atoms with E-state index < -0.39 is 21.5 Å². The van der Waals surface area contributed by atoms with Gasteiger partial charge in [0.1, 0.15) is 11.3 Å². The summed E-state index contributed by atoms with van der Waals surface area (Å²) in [5, 5.41) is 4.64. The van der Waals surface area contributed by atoms with Crippen LogP contribution in [0.3, 0.4) is 0 Å². The Labute approximate surface area is 212 Å². The second-order valence-electron chi connectivity index (χ2n) is 8.66. The summed E-state index contributed by atoms with van der Waals surface area (Å²) in [4.78, 5) is 19.1. The van der Waals surface area contributed by atoms with Crippen LogP contribution in [-0.4, -0.2) is 41.4 Å². The van der Waals surface area contributed by atoms with Crippen molar-refractivity contribution >= 4 is 42.4 Å². The highest BCUT2D eigenvalue weighted by molar-refractivity contribution is 7.91. The number of anilines is 1. The van der Waals surface area contributed by atoms with Gasteiger partial charge in [-0.3, -0.25) is 14.4 Å². The molecule has 0 aliphatic rings. The lowest BCUT2D eigenvalue weighted by atomic mass is 10.2. The second-order valence-corrected chi connectivity index (χ2v) is 11.8. The number of halogens is 2. The van der Waals surface area contributed by atoms with Crippen molar-refractivity contribution < 1.29 is 22.0 Å². The van der Waals surface area contributed by atoms with Gasteiger partial charge in [-0.25, -0.2) is 22.2 Å². The number of aromatic nitrogens is 3. The summed E-state index contributed by atoms with van der Waals surface area (Å²) in [6, 6.07) is 10.4. The molecular weight excluding hydrogens is 506 g/mol. The number of hydrogen-bond donors (Lipinski definition) is 0. The number of hydrogen-bond acceptors (Lipinski definition) is 6. The van der Waals surface area contributed by atoms with E-state index in [1.54, 1.807) is 28.9 Å². The molecule has 190 valence electrons. The van der Waals surface area contributed by atoms with Crippen molar-refractivity contribution in [2.45, 2.75) is 45.1 Å². The number of thiazole rings is 1. The van der Waals surface area contributed by atoms with E-state index in [0.29, 0.717) is 6.54 Å². The molecule has 11 heteroatoms. The highest BCUT2D eigenvalue weighted by Gasteiger charge is 2.23. The molecule has 0 unspecified atom stereocenters. The molecule has 36 heavy (non-hydrogen) atoms. The van der Waals surface area contributed by atoms with Crippen LogP contribution in [0, 0.1) is 32.4 Å². The number of benzene rings is 2. The van der Waals surface area contributed by atoms with Crippen LogP contribution < -0.4 is 4.90 Å². The van der Waals surface area contributed by atoms with E-state index in [-0.39, 0.29) is 51.3 Å². The number of aryl methyl sites for hydroxylation is 3. The molecule has 0 N–H and O–H groups in total. The van der Waals surface area contributed by atoms with Crippen LogP contribution in [0.2, 0.25) is 0 Å². The van der Waals surface area contributed by atoms with Gasteiger partial charge in [0.2, 0.25) is 5.91 Å². The van der Waals surface area contributed by atoms with Crippen LogP contribution in [0.4, 0.5) is 13.9 Å². The largest absolute Gasteiger partial charge is 0.286 e. The summed E-state index contributed by atoms with van der Waals surface area (Å²) in [6.45, 7) is 6.19. The fourth-order valence-electron chi connectivity index (χ4n) is 3.90. The average Bonchev–Trinajstić information content (AvgIpc) is 3.36. The topological polar surface area (TPSA) is 85.2 Å². The third-order valence-electron chi connectivity index (χ3n) is 5.76. The van der Waals surface area contributed by atoms with Crippen LogP contribution in [-0.2, 0) is 21.2 Å². The van der Waals surface area contributed by atoms with Gasteiger partial charge in [0, 0.05) is 24.7 Å². The summed E-state index contributed by atoms with van der Waals surface area (Å²) in [5.74, 6) is -2.07. The number of nitrogens with zero attached hydrogens (tertiary/aromatic N) is 4. The highest BCUT2D eigenvalue weighted by Crippen LogP contribution is 2.31. The van der Waals surface area contributed by atoms with Gasteiger partial charge >= 0.3 is 0 Å². The van der Waals surface area contributed by atoms with Crippen LogP contribution in [0.25, 0.3) is 10.2 Å². The first kappa shape index (κ1) is 25.9. The molecule has 0 aliphatic carbocycles. The summed E-state index contributed by atoms with van der Waals surface area (Å²) in [5.41, 5.74) is 2.70. The minimum atomic E-state index is -3.54. The van der Waals surface area contributed by atoms with Gasteiger partial charge in [-0.15, -0.1) is 0 Å². The van der Waals surface area contributed by atoms with E-state index >= 15 is 0 Å². The zero-order chi connectivity index (χ0) is 26.0. The minimum absolute atomic E-state index is 0.0118. The number of sulfone groups is 1.